The zero-order chi connectivity index (χ0) is 10.5. The molecule has 2 N–H and O–H groups in total. The van der Waals surface area contributed by atoms with Gasteiger partial charge in [0.2, 0.25) is 0 Å². The van der Waals surface area contributed by atoms with Crippen molar-refractivity contribution in [2.24, 2.45) is 11.7 Å². The van der Waals surface area contributed by atoms with Gasteiger partial charge in [0.1, 0.15) is 8.07 Å². The van der Waals surface area contributed by atoms with E-state index in [-0.39, 0.29) is 6.04 Å². The second-order valence-corrected chi connectivity index (χ2v) is 9.37. The van der Waals surface area contributed by atoms with Crippen LogP contribution < -0.4 is 5.73 Å². The Balaban J connectivity index is 4.24. The zero-order valence-corrected chi connectivity index (χ0v) is 10.6. The number of rotatable bonds is 3. The average molecular weight is 197 g/mol. The van der Waals surface area contributed by atoms with Gasteiger partial charge in [0.25, 0.3) is 0 Å². The monoisotopic (exact) mass is 197 g/mol. The highest BCUT2D eigenvalue weighted by molar-refractivity contribution is 6.83. The van der Waals surface area contributed by atoms with Crippen molar-refractivity contribution in [3.05, 3.63) is 0 Å². The minimum Gasteiger partial charge on any atom is -0.317 e. The summed E-state index contributed by atoms with van der Waals surface area (Å²) in [5.41, 5.74) is 9.33. The molecule has 0 aromatic carbocycles. The quantitative estimate of drug-likeness (QED) is 0.546. The Morgan fingerprint density at radius 3 is 1.92 bits per heavy atom. The van der Waals surface area contributed by atoms with E-state index in [1.807, 2.05) is 0 Å². The first-order valence-corrected chi connectivity index (χ1v) is 8.69. The fourth-order valence-electron chi connectivity index (χ4n) is 1.21. The molecule has 2 heteroatoms. The molecule has 0 rings (SSSR count). The van der Waals surface area contributed by atoms with Crippen molar-refractivity contribution in [3.8, 4) is 11.5 Å². The summed E-state index contributed by atoms with van der Waals surface area (Å²) in [4.78, 5) is 0. The summed E-state index contributed by atoms with van der Waals surface area (Å²) in [6, 6.07) is 0.0849. The molecule has 0 amide bonds. The van der Waals surface area contributed by atoms with Gasteiger partial charge in [-0.15, -0.1) is 5.54 Å². The highest BCUT2D eigenvalue weighted by Crippen LogP contribution is 2.10. The molecule has 1 unspecified atom stereocenters. The van der Waals surface area contributed by atoms with Crippen LogP contribution in [-0.4, -0.2) is 14.1 Å². The van der Waals surface area contributed by atoms with Gasteiger partial charge >= 0.3 is 0 Å². The second kappa shape index (κ2) is 5.46. The van der Waals surface area contributed by atoms with Crippen molar-refractivity contribution >= 4 is 8.07 Å². The summed E-state index contributed by atoms with van der Waals surface area (Å²) in [5, 5.41) is 0. The van der Waals surface area contributed by atoms with Gasteiger partial charge in [-0.3, -0.25) is 0 Å². The van der Waals surface area contributed by atoms with Crippen LogP contribution in [0.4, 0.5) is 0 Å². The molecule has 0 aromatic rings. The average Bonchev–Trinajstić information content (AvgIpc) is 2.02. The van der Waals surface area contributed by atoms with Crippen LogP contribution in [0, 0.1) is 17.4 Å². The van der Waals surface area contributed by atoms with E-state index < -0.39 is 8.07 Å². The third-order valence-corrected chi connectivity index (χ3v) is 3.06. The van der Waals surface area contributed by atoms with Crippen LogP contribution in [0.1, 0.15) is 26.7 Å². The lowest BCUT2D eigenvalue weighted by molar-refractivity contribution is 0.453. The molecule has 0 aromatic heterocycles. The second-order valence-electron chi connectivity index (χ2n) is 4.62. The molecule has 0 saturated heterocycles. The van der Waals surface area contributed by atoms with Gasteiger partial charge in [-0.1, -0.05) is 52.3 Å². The molecule has 0 fully saturated rings. The van der Waals surface area contributed by atoms with Gasteiger partial charge in [-0.05, 0) is 5.92 Å². The van der Waals surface area contributed by atoms with Gasteiger partial charge in [0, 0.05) is 0 Å². The van der Waals surface area contributed by atoms with E-state index in [2.05, 4.69) is 45.0 Å². The highest BCUT2D eigenvalue weighted by Gasteiger charge is 2.13. The van der Waals surface area contributed by atoms with Crippen LogP contribution in [0.25, 0.3) is 0 Å². The van der Waals surface area contributed by atoms with E-state index in [0.717, 1.165) is 12.8 Å². The van der Waals surface area contributed by atoms with E-state index in [9.17, 15) is 0 Å². The van der Waals surface area contributed by atoms with E-state index in [4.69, 9.17) is 5.73 Å². The fourth-order valence-corrected chi connectivity index (χ4v) is 1.81. The van der Waals surface area contributed by atoms with Crippen molar-refractivity contribution < 1.29 is 0 Å². The van der Waals surface area contributed by atoms with Crippen LogP contribution in [-0.2, 0) is 0 Å². The molecule has 0 aliphatic carbocycles. The minimum atomic E-state index is -1.23. The van der Waals surface area contributed by atoms with Gasteiger partial charge in [0.05, 0.1) is 6.04 Å². The maximum Gasteiger partial charge on any atom is 0.129 e. The number of hydrogen-bond acceptors (Lipinski definition) is 1. The summed E-state index contributed by atoms with van der Waals surface area (Å²) in [5.74, 6) is 3.79. The first-order chi connectivity index (χ1) is 5.90. The lowest BCUT2D eigenvalue weighted by atomic mass is 9.96. The molecule has 0 heterocycles. The van der Waals surface area contributed by atoms with Crippen LogP contribution in [0.3, 0.4) is 0 Å². The fraction of sp³-hybridized carbons (Fsp3) is 0.818. The normalized spacial score (nSPS) is 13.8. The Morgan fingerprint density at radius 1 is 1.15 bits per heavy atom. The maximum atomic E-state index is 5.99. The van der Waals surface area contributed by atoms with Crippen molar-refractivity contribution in [1.29, 1.82) is 0 Å². The van der Waals surface area contributed by atoms with Gasteiger partial charge < -0.3 is 5.73 Å². The van der Waals surface area contributed by atoms with Crippen LogP contribution in [0.2, 0.25) is 19.6 Å². The summed E-state index contributed by atoms with van der Waals surface area (Å²) >= 11 is 0. The molecule has 1 atom stereocenters. The van der Waals surface area contributed by atoms with E-state index in [1.54, 1.807) is 0 Å². The highest BCUT2D eigenvalue weighted by atomic mass is 28.3. The Hall–Kier alpha value is -0.263. The van der Waals surface area contributed by atoms with E-state index >= 15 is 0 Å². The summed E-state index contributed by atoms with van der Waals surface area (Å²) in [6.07, 6.45) is 2.27. The Kier molecular flexibility index (Phi) is 5.35. The molecule has 0 spiro atoms. The Bertz CT molecular complexity index is 190. The lowest BCUT2D eigenvalue weighted by Crippen LogP contribution is -2.29. The Labute approximate surface area is 84.1 Å². The van der Waals surface area contributed by atoms with E-state index in [1.165, 1.54) is 0 Å². The first-order valence-electron chi connectivity index (χ1n) is 5.19. The zero-order valence-electron chi connectivity index (χ0n) is 9.65. The number of hydrogen-bond donors (Lipinski definition) is 1. The van der Waals surface area contributed by atoms with Crippen molar-refractivity contribution in [2.75, 3.05) is 0 Å². The predicted octanol–water partition coefficient (Wildman–Crippen LogP) is 2.63. The summed E-state index contributed by atoms with van der Waals surface area (Å²) in [7, 11) is -1.23. The SMILES string of the molecule is CCC(CC)C(N)C#C[Si](C)(C)C. The van der Waals surface area contributed by atoms with Gasteiger partial charge in [-0.25, -0.2) is 0 Å². The molecule has 76 valence electrons. The van der Waals surface area contributed by atoms with Crippen LogP contribution in [0.15, 0.2) is 0 Å². The first kappa shape index (κ1) is 12.7. The van der Waals surface area contributed by atoms with Gasteiger partial charge in [-0.2, -0.15) is 0 Å². The molecule has 0 aliphatic rings. The standard InChI is InChI=1S/C11H23NSi/c1-6-10(7-2)11(12)8-9-13(3,4)5/h10-11H,6-7,12H2,1-5H3. The topological polar surface area (TPSA) is 26.0 Å². The van der Waals surface area contributed by atoms with Crippen molar-refractivity contribution in [2.45, 2.75) is 52.4 Å². The van der Waals surface area contributed by atoms with Crippen molar-refractivity contribution in [3.63, 3.8) is 0 Å². The molecular formula is C11H23NSi. The maximum absolute atomic E-state index is 5.99. The molecule has 0 saturated carbocycles. The molecule has 1 nitrogen and oxygen atoms in total. The summed E-state index contributed by atoms with van der Waals surface area (Å²) in [6.45, 7) is 11.1. The van der Waals surface area contributed by atoms with Gasteiger partial charge in [0.15, 0.2) is 0 Å². The summed E-state index contributed by atoms with van der Waals surface area (Å²) < 4.78 is 0. The Morgan fingerprint density at radius 2 is 1.62 bits per heavy atom. The van der Waals surface area contributed by atoms with E-state index in [0.29, 0.717) is 5.92 Å². The number of nitrogens with two attached hydrogens (primary N) is 1. The lowest BCUT2D eigenvalue weighted by Gasteiger charge is -2.16. The van der Waals surface area contributed by atoms with Crippen LogP contribution in [0.5, 0.6) is 0 Å². The molecule has 0 radical (unpaired) electrons. The molecule has 0 bridgehead atoms. The van der Waals surface area contributed by atoms with Crippen molar-refractivity contribution in [1.82, 2.24) is 0 Å². The largest absolute Gasteiger partial charge is 0.317 e. The molecule has 13 heavy (non-hydrogen) atoms. The third-order valence-electron chi connectivity index (χ3n) is 2.17. The smallest absolute Gasteiger partial charge is 0.129 e. The predicted molar refractivity (Wildman–Crippen MR) is 63.2 cm³/mol. The minimum absolute atomic E-state index is 0.0849. The molecule has 0 aliphatic heterocycles. The van der Waals surface area contributed by atoms with Crippen LogP contribution >= 0.6 is 0 Å². The third kappa shape index (κ3) is 5.90. The molecular weight excluding hydrogens is 174 g/mol.